The minimum absolute atomic E-state index is 0.0505. The molecule has 0 fully saturated rings. The molecule has 0 aliphatic rings. The molecule has 9 nitrogen and oxygen atoms in total. The number of esters is 2. The Morgan fingerprint density at radius 2 is 1.02 bits per heavy atom. The van der Waals surface area contributed by atoms with Crippen LogP contribution in [0.2, 0.25) is 0 Å². The van der Waals surface area contributed by atoms with Gasteiger partial charge in [-0.25, -0.2) is 4.57 Å². The zero-order chi connectivity index (χ0) is 37.5. The van der Waals surface area contributed by atoms with Crippen LogP contribution in [-0.4, -0.2) is 49.3 Å². The largest absolute Gasteiger partial charge is 0.472 e. The predicted molar refractivity (Wildman–Crippen MR) is 210 cm³/mol. The second-order valence-corrected chi connectivity index (χ2v) is 14.9. The molecule has 0 heterocycles. The van der Waals surface area contributed by atoms with Gasteiger partial charge in [0.05, 0.1) is 13.2 Å². The molecule has 0 rings (SSSR count). The third kappa shape index (κ3) is 37.8. The van der Waals surface area contributed by atoms with Crippen molar-refractivity contribution in [2.45, 2.75) is 187 Å². The van der Waals surface area contributed by atoms with Crippen molar-refractivity contribution in [1.82, 2.24) is 0 Å². The summed E-state index contributed by atoms with van der Waals surface area (Å²) in [6.45, 7) is 3.66. The van der Waals surface area contributed by atoms with E-state index in [4.69, 9.17) is 24.3 Å². The highest BCUT2D eigenvalue weighted by molar-refractivity contribution is 7.47. The fraction of sp³-hybridized carbons (Fsp3) is 0.805. The number of ether oxygens (including phenoxy) is 2. The summed E-state index contributed by atoms with van der Waals surface area (Å²) in [5.41, 5.74) is 5.34. The molecule has 0 aliphatic carbocycles. The quantitative estimate of drug-likeness (QED) is 0.0274. The maximum atomic E-state index is 12.6. The maximum absolute atomic E-state index is 12.6. The second kappa shape index (κ2) is 38.0. The van der Waals surface area contributed by atoms with Gasteiger partial charge in [-0.1, -0.05) is 134 Å². The number of unbranched alkanes of at least 4 members (excludes halogenated alkanes) is 19. The van der Waals surface area contributed by atoms with Gasteiger partial charge in [-0.05, 0) is 70.6 Å². The highest BCUT2D eigenvalue weighted by Crippen LogP contribution is 2.43. The van der Waals surface area contributed by atoms with Crippen molar-refractivity contribution in [2.75, 3.05) is 26.4 Å². The Morgan fingerprint density at radius 1 is 0.588 bits per heavy atom. The summed E-state index contributed by atoms with van der Waals surface area (Å²) in [7, 11) is -4.38. The van der Waals surface area contributed by atoms with E-state index in [2.05, 4.69) is 50.3 Å². The van der Waals surface area contributed by atoms with Gasteiger partial charge in [0, 0.05) is 19.4 Å². The zero-order valence-electron chi connectivity index (χ0n) is 32.6. The fourth-order valence-corrected chi connectivity index (χ4v) is 6.19. The number of carbonyl (C=O) groups is 2. The van der Waals surface area contributed by atoms with Gasteiger partial charge >= 0.3 is 19.8 Å². The second-order valence-electron chi connectivity index (χ2n) is 13.5. The Morgan fingerprint density at radius 3 is 1.55 bits per heavy atom. The number of hydrogen-bond acceptors (Lipinski definition) is 8. The molecule has 0 aliphatic heterocycles. The number of hydrogen-bond donors (Lipinski definition) is 2. The Hall–Kier alpha value is -1.77. The molecule has 51 heavy (non-hydrogen) atoms. The van der Waals surface area contributed by atoms with Gasteiger partial charge in [-0.3, -0.25) is 18.6 Å². The lowest BCUT2D eigenvalue weighted by atomic mass is 10.1. The third-order valence-electron chi connectivity index (χ3n) is 8.50. The summed E-state index contributed by atoms with van der Waals surface area (Å²) in [6, 6.07) is 0. The first kappa shape index (κ1) is 49.2. The number of phosphoric acid groups is 1. The van der Waals surface area contributed by atoms with Crippen LogP contribution >= 0.6 is 7.82 Å². The highest BCUT2D eigenvalue weighted by atomic mass is 31.2. The average Bonchev–Trinajstić information content (AvgIpc) is 3.11. The van der Waals surface area contributed by atoms with Crippen molar-refractivity contribution in [3.8, 4) is 0 Å². The van der Waals surface area contributed by atoms with Gasteiger partial charge in [-0.15, -0.1) is 0 Å². The molecule has 0 bridgehead atoms. The lowest BCUT2D eigenvalue weighted by Crippen LogP contribution is -2.29. The number of rotatable bonds is 38. The molecular weight excluding hydrogens is 665 g/mol. The van der Waals surface area contributed by atoms with Gasteiger partial charge in [0.25, 0.3) is 0 Å². The summed E-state index contributed by atoms with van der Waals surface area (Å²) in [4.78, 5) is 34.8. The maximum Gasteiger partial charge on any atom is 0.472 e. The number of phosphoric ester groups is 1. The molecule has 0 aromatic rings. The van der Waals surface area contributed by atoms with Crippen LogP contribution in [0.4, 0.5) is 0 Å². The molecule has 298 valence electrons. The van der Waals surface area contributed by atoms with E-state index >= 15 is 0 Å². The van der Waals surface area contributed by atoms with Crippen LogP contribution in [0.25, 0.3) is 0 Å². The molecule has 0 radical (unpaired) electrons. The van der Waals surface area contributed by atoms with Crippen LogP contribution in [0.3, 0.4) is 0 Å². The molecule has 10 heteroatoms. The molecule has 0 amide bonds. The van der Waals surface area contributed by atoms with Gasteiger partial charge in [0.1, 0.15) is 6.61 Å². The summed E-state index contributed by atoms with van der Waals surface area (Å²) in [6.07, 6.45) is 40.3. The minimum atomic E-state index is -4.38. The molecular formula is C41H76NO8P. The minimum Gasteiger partial charge on any atom is -0.462 e. The SMILES string of the molecule is CCCCC/C=C\CCCCCCCC(=O)OCC(COP(=O)(O)OCCN)OC(=O)CCCCCCCCC/C=C\C/C=C\CCCCCC. The molecule has 0 aromatic heterocycles. The van der Waals surface area contributed by atoms with E-state index < -0.39 is 32.5 Å². The van der Waals surface area contributed by atoms with Crippen LogP contribution in [0.1, 0.15) is 181 Å². The van der Waals surface area contributed by atoms with Gasteiger partial charge < -0.3 is 20.1 Å². The van der Waals surface area contributed by atoms with Gasteiger partial charge in [0.2, 0.25) is 0 Å². The normalized spacial score (nSPS) is 13.7. The number of nitrogens with two attached hydrogens (primary N) is 1. The van der Waals surface area contributed by atoms with E-state index in [-0.39, 0.29) is 32.6 Å². The van der Waals surface area contributed by atoms with Crippen molar-refractivity contribution >= 4 is 19.8 Å². The smallest absolute Gasteiger partial charge is 0.462 e. The van der Waals surface area contributed by atoms with Gasteiger partial charge in [-0.2, -0.15) is 0 Å². The van der Waals surface area contributed by atoms with Crippen molar-refractivity contribution in [1.29, 1.82) is 0 Å². The lowest BCUT2D eigenvalue weighted by Gasteiger charge is -2.19. The molecule has 0 spiro atoms. The fourth-order valence-electron chi connectivity index (χ4n) is 5.42. The zero-order valence-corrected chi connectivity index (χ0v) is 33.5. The van der Waals surface area contributed by atoms with Crippen LogP contribution in [0.5, 0.6) is 0 Å². The van der Waals surface area contributed by atoms with Crippen molar-refractivity contribution in [2.24, 2.45) is 5.73 Å². The van der Waals surface area contributed by atoms with E-state index in [9.17, 15) is 19.0 Å². The molecule has 0 saturated heterocycles. The molecule has 0 aromatic carbocycles. The Bertz CT molecular complexity index is 939. The van der Waals surface area contributed by atoms with Crippen molar-refractivity contribution in [3.63, 3.8) is 0 Å². The van der Waals surface area contributed by atoms with Crippen LogP contribution in [0, 0.1) is 0 Å². The molecule has 2 atom stereocenters. The van der Waals surface area contributed by atoms with Crippen molar-refractivity contribution in [3.05, 3.63) is 36.5 Å². The predicted octanol–water partition coefficient (Wildman–Crippen LogP) is 11.4. The number of allylic oxidation sites excluding steroid dienone is 6. The van der Waals surface area contributed by atoms with Crippen LogP contribution < -0.4 is 5.73 Å². The lowest BCUT2D eigenvalue weighted by molar-refractivity contribution is -0.161. The van der Waals surface area contributed by atoms with E-state index in [1.54, 1.807) is 0 Å². The molecule has 0 saturated carbocycles. The monoisotopic (exact) mass is 742 g/mol. The Balaban J connectivity index is 4.20. The third-order valence-corrected chi connectivity index (χ3v) is 9.48. The average molecular weight is 742 g/mol. The van der Waals surface area contributed by atoms with Crippen LogP contribution in [-0.2, 0) is 32.7 Å². The first-order valence-corrected chi connectivity index (χ1v) is 22.0. The van der Waals surface area contributed by atoms with E-state index in [1.165, 1.54) is 77.0 Å². The standard InChI is InChI=1S/C41H76NO8P/c1-3-5-7-9-11-13-15-17-18-19-20-21-22-24-26-28-30-32-34-41(44)50-39(38-49-51(45,46)48-36-35-42)37-47-40(43)33-31-29-27-25-23-16-14-12-10-8-6-4-2/h12-15,18-19,39H,3-11,16-17,20-38,42H2,1-2H3,(H,45,46)/b14-12-,15-13-,19-18-. The Kier molecular flexibility index (Phi) is 36.7. The van der Waals surface area contributed by atoms with Gasteiger partial charge in [0.15, 0.2) is 6.10 Å². The summed E-state index contributed by atoms with van der Waals surface area (Å²) in [5, 5.41) is 0. The summed E-state index contributed by atoms with van der Waals surface area (Å²) in [5.74, 6) is -0.849. The summed E-state index contributed by atoms with van der Waals surface area (Å²) < 4.78 is 32.7. The highest BCUT2D eigenvalue weighted by Gasteiger charge is 2.26. The van der Waals surface area contributed by atoms with E-state index in [1.807, 2.05) is 0 Å². The first-order chi connectivity index (χ1) is 24.8. The summed E-state index contributed by atoms with van der Waals surface area (Å²) >= 11 is 0. The first-order valence-electron chi connectivity index (χ1n) is 20.5. The Labute approximate surface area is 312 Å². The topological polar surface area (TPSA) is 134 Å². The van der Waals surface area contributed by atoms with Crippen LogP contribution in [0.15, 0.2) is 36.5 Å². The van der Waals surface area contributed by atoms with Crippen molar-refractivity contribution < 1.29 is 37.6 Å². The van der Waals surface area contributed by atoms with E-state index in [0.717, 1.165) is 70.6 Å². The molecule has 2 unspecified atom stereocenters. The molecule has 3 N–H and O–H groups in total. The van der Waals surface area contributed by atoms with E-state index in [0.29, 0.717) is 6.42 Å². The number of carbonyl (C=O) groups excluding carboxylic acids is 2.